The molecule has 2 aromatic carbocycles. The topological polar surface area (TPSA) is 32.3 Å². The summed E-state index contributed by atoms with van der Waals surface area (Å²) in [5.74, 6) is 2.19. The van der Waals surface area contributed by atoms with Gasteiger partial charge >= 0.3 is 0 Å². The molecule has 0 amide bonds. The Morgan fingerprint density at radius 1 is 1.21 bits per heavy atom. The number of thioether (sulfide) groups is 1. The van der Waals surface area contributed by atoms with Crippen LogP contribution in [0.25, 0.3) is 10.8 Å². The predicted molar refractivity (Wildman–Crippen MR) is 84.9 cm³/mol. The average molecular weight is 275 g/mol. The lowest BCUT2D eigenvalue weighted by molar-refractivity contribution is 0.463. The van der Waals surface area contributed by atoms with E-state index in [0.717, 1.165) is 23.2 Å². The molecule has 102 valence electrons. The molecular weight excluding hydrogens is 254 g/mol. The van der Waals surface area contributed by atoms with Crippen LogP contribution in [-0.2, 0) is 6.54 Å². The van der Waals surface area contributed by atoms with Crippen molar-refractivity contribution in [2.24, 2.45) is 5.92 Å². The number of benzene rings is 2. The summed E-state index contributed by atoms with van der Waals surface area (Å²) < 4.78 is 0. The fourth-order valence-electron chi connectivity index (χ4n) is 2.30. The van der Waals surface area contributed by atoms with E-state index < -0.39 is 0 Å². The van der Waals surface area contributed by atoms with Gasteiger partial charge in [0, 0.05) is 12.1 Å². The lowest BCUT2D eigenvalue weighted by Gasteiger charge is -2.13. The maximum absolute atomic E-state index is 10.0. The Morgan fingerprint density at radius 2 is 2.00 bits per heavy atom. The number of nitrogens with one attached hydrogen (secondary N) is 1. The molecule has 0 aliphatic heterocycles. The van der Waals surface area contributed by atoms with E-state index in [2.05, 4.69) is 30.6 Å². The van der Waals surface area contributed by atoms with Crippen molar-refractivity contribution in [2.45, 2.75) is 13.5 Å². The highest BCUT2D eigenvalue weighted by molar-refractivity contribution is 7.98. The first kappa shape index (κ1) is 14.2. The van der Waals surface area contributed by atoms with Crippen LogP contribution < -0.4 is 5.32 Å². The summed E-state index contributed by atoms with van der Waals surface area (Å²) in [6, 6.07) is 11.9. The number of aromatic hydroxyl groups is 1. The van der Waals surface area contributed by atoms with Gasteiger partial charge in [0.25, 0.3) is 0 Å². The summed E-state index contributed by atoms with van der Waals surface area (Å²) in [4.78, 5) is 0. The summed E-state index contributed by atoms with van der Waals surface area (Å²) in [6.07, 6.45) is 2.13. The van der Waals surface area contributed by atoms with Crippen molar-refractivity contribution in [3.63, 3.8) is 0 Å². The molecule has 0 saturated carbocycles. The zero-order valence-corrected chi connectivity index (χ0v) is 12.3. The largest absolute Gasteiger partial charge is 0.508 e. The SMILES string of the molecule is CSCC(C)CNCc1c(O)ccc2ccccc12. The number of rotatable bonds is 6. The van der Waals surface area contributed by atoms with Gasteiger partial charge < -0.3 is 10.4 Å². The third kappa shape index (κ3) is 3.64. The lowest BCUT2D eigenvalue weighted by atomic mass is 10.0. The zero-order valence-electron chi connectivity index (χ0n) is 11.5. The van der Waals surface area contributed by atoms with E-state index in [9.17, 15) is 5.11 Å². The molecule has 0 heterocycles. The molecule has 2 N–H and O–H groups in total. The molecule has 0 aromatic heterocycles. The standard InChI is InChI=1S/C16H21NOS/c1-12(11-19-2)9-17-10-15-14-6-4-3-5-13(14)7-8-16(15)18/h3-8,12,17-18H,9-11H2,1-2H3. The van der Waals surface area contributed by atoms with E-state index in [4.69, 9.17) is 0 Å². The Balaban J connectivity index is 2.09. The molecular formula is C16H21NOS. The highest BCUT2D eigenvalue weighted by atomic mass is 32.2. The van der Waals surface area contributed by atoms with Gasteiger partial charge in [-0.25, -0.2) is 0 Å². The van der Waals surface area contributed by atoms with Gasteiger partial charge in [-0.15, -0.1) is 0 Å². The lowest BCUT2D eigenvalue weighted by Crippen LogP contribution is -2.22. The molecule has 2 aromatic rings. The van der Waals surface area contributed by atoms with Gasteiger partial charge in [0.05, 0.1) is 0 Å². The molecule has 2 rings (SSSR count). The normalized spacial score (nSPS) is 12.7. The third-order valence-electron chi connectivity index (χ3n) is 3.26. The van der Waals surface area contributed by atoms with Crippen molar-refractivity contribution in [2.75, 3.05) is 18.6 Å². The molecule has 2 nitrogen and oxygen atoms in total. The summed E-state index contributed by atoms with van der Waals surface area (Å²) in [7, 11) is 0. The molecule has 1 unspecified atom stereocenters. The van der Waals surface area contributed by atoms with E-state index in [0.29, 0.717) is 18.2 Å². The number of hydrogen-bond acceptors (Lipinski definition) is 3. The molecule has 0 aliphatic rings. The molecule has 0 spiro atoms. The van der Waals surface area contributed by atoms with Crippen molar-refractivity contribution in [1.29, 1.82) is 0 Å². The van der Waals surface area contributed by atoms with Crippen LogP contribution in [0.2, 0.25) is 0 Å². The maximum Gasteiger partial charge on any atom is 0.120 e. The molecule has 0 bridgehead atoms. The minimum atomic E-state index is 0.378. The molecule has 0 fully saturated rings. The van der Waals surface area contributed by atoms with E-state index >= 15 is 0 Å². The van der Waals surface area contributed by atoms with Gasteiger partial charge in [0.1, 0.15) is 5.75 Å². The van der Waals surface area contributed by atoms with Crippen molar-refractivity contribution >= 4 is 22.5 Å². The second kappa shape index (κ2) is 6.83. The highest BCUT2D eigenvalue weighted by Gasteiger charge is 2.07. The maximum atomic E-state index is 10.0. The van der Waals surface area contributed by atoms with E-state index in [1.165, 1.54) is 5.39 Å². The van der Waals surface area contributed by atoms with Crippen LogP contribution >= 0.6 is 11.8 Å². The summed E-state index contributed by atoms with van der Waals surface area (Å²) >= 11 is 1.87. The Labute approximate surface area is 119 Å². The van der Waals surface area contributed by atoms with Crippen molar-refractivity contribution in [1.82, 2.24) is 5.32 Å². The van der Waals surface area contributed by atoms with Crippen LogP contribution in [0.1, 0.15) is 12.5 Å². The highest BCUT2D eigenvalue weighted by Crippen LogP contribution is 2.26. The van der Waals surface area contributed by atoms with Crippen LogP contribution in [0, 0.1) is 5.92 Å². The third-order valence-corrected chi connectivity index (χ3v) is 4.16. The van der Waals surface area contributed by atoms with Crippen LogP contribution in [-0.4, -0.2) is 23.7 Å². The number of phenols is 1. The second-order valence-electron chi connectivity index (χ2n) is 4.98. The van der Waals surface area contributed by atoms with Crippen LogP contribution in [0.5, 0.6) is 5.75 Å². The van der Waals surface area contributed by atoms with E-state index in [1.807, 2.05) is 30.0 Å². The van der Waals surface area contributed by atoms with Crippen molar-refractivity contribution in [3.8, 4) is 5.75 Å². The van der Waals surface area contributed by atoms with Crippen LogP contribution in [0.3, 0.4) is 0 Å². The summed E-state index contributed by atoms with van der Waals surface area (Å²) in [6.45, 7) is 3.93. The molecule has 1 atom stereocenters. The van der Waals surface area contributed by atoms with Gasteiger partial charge in [-0.05, 0) is 41.3 Å². The van der Waals surface area contributed by atoms with E-state index in [-0.39, 0.29) is 0 Å². The van der Waals surface area contributed by atoms with Gasteiger partial charge in [-0.3, -0.25) is 0 Å². The smallest absolute Gasteiger partial charge is 0.120 e. The fourth-order valence-corrected chi connectivity index (χ4v) is 2.98. The zero-order chi connectivity index (χ0) is 13.7. The number of fused-ring (bicyclic) bond motifs is 1. The Morgan fingerprint density at radius 3 is 2.79 bits per heavy atom. The predicted octanol–water partition coefficient (Wildman–Crippen LogP) is 3.63. The Bertz CT molecular complexity index is 541. The number of phenolic OH excluding ortho intramolecular Hbond substituents is 1. The van der Waals surface area contributed by atoms with Gasteiger partial charge in [-0.1, -0.05) is 37.3 Å². The molecule has 0 saturated heterocycles. The second-order valence-corrected chi connectivity index (χ2v) is 5.89. The Hall–Kier alpha value is -1.19. The quantitative estimate of drug-likeness (QED) is 0.844. The average Bonchev–Trinajstić information content (AvgIpc) is 2.41. The van der Waals surface area contributed by atoms with Gasteiger partial charge in [-0.2, -0.15) is 11.8 Å². The minimum Gasteiger partial charge on any atom is -0.508 e. The van der Waals surface area contributed by atoms with Crippen LogP contribution in [0.15, 0.2) is 36.4 Å². The summed E-state index contributed by atoms with van der Waals surface area (Å²) in [5.41, 5.74) is 0.995. The van der Waals surface area contributed by atoms with Crippen molar-refractivity contribution in [3.05, 3.63) is 42.0 Å². The van der Waals surface area contributed by atoms with Gasteiger partial charge in [0.15, 0.2) is 0 Å². The first-order chi connectivity index (χ1) is 9.22. The van der Waals surface area contributed by atoms with Crippen LogP contribution in [0.4, 0.5) is 0 Å². The molecule has 0 radical (unpaired) electrons. The van der Waals surface area contributed by atoms with E-state index in [1.54, 1.807) is 6.07 Å². The molecule has 19 heavy (non-hydrogen) atoms. The first-order valence-electron chi connectivity index (χ1n) is 6.61. The monoisotopic (exact) mass is 275 g/mol. The van der Waals surface area contributed by atoms with Gasteiger partial charge in [0.2, 0.25) is 0 Å². The molecule has 0 aliphatic carbocycles. The fraction of sp³-hybridized carbons (Fsp3) is 0.375. The Kier molecular flexibility index (Phi) is 5.11. The minimum absolute atomic E-state index is 0.378. The number of hydrogen-bond donors (Lipinski definition) is 2. The first-order valence-corrected chi connectivity index (χ1v) is 8.01. The summed E-state index contributed by atoms with van der Waals surface area (Å²) in [5, 5.41) is 15.8. The van der Waals surface area contributed by atoms with Crippen molar-refractivity contribution < 1.29 is 5.11 Å². The molecule has 3 heteroatoms.